The zero-order valence-corrected chi connectivity index (χ0v) is 12.0. The Morgan fingerprint density at radius 1 is 1.43 bits per heavy atom. The van der Waals surface area contributed by atoms with E-state index in [1.165, 1.54) is 24.1 Å². The van der Waals surface area contributed by atoms with E-state index in [0.717, 1.165) is 6.07 Å². The van der Waals surface area contributed by atoms with Crippen LogP contribution < -0.4 is 4.74 Å². The number of piperidine rings is 1. The number of nitrogens with zero attached hydrogens (tertiary/aromatic N) is 1. The first-order valence-electron chi connectivity index (χ1n) is 6.83. The van der Waals surface area contributed by atoms with Crippen LogP contribution in [0, 0.1) is 11.7 Å². The number of methoxy groups -OCH3 is 1. The largest absolute Gasteiger partial charge is 0.494 e. The number of hydrogen-bond acceptors (Lipinski definition) is 3. The zero-order chi connectivity index (χ0) is 15.6. The van der Waals surface area contributed by atoms with Gasteiger partial charge >= 0.3 is 5.97 Å². The lowest BCUT2D eigenvalue weighted by atomic mass is 9.90. The van der Waals surface area contributed by atoms with Crippen LogP contribution in [-0.2, 0) is 4.79 Å². The molecule has 1 fully saturated rings. The van der Waals surface area contributed by atoms with E-state index in [2.05, 4.69) is 0 Å². The molecule has 0 aromatic heterocycles. The van der Waals surface area contributed by atoms with Crippen LogP contribution in [-0.4, -0.2) is 41.6 Å². The molecule has 6 heteroatoms. The van der Waals surface area contributed by atoms with Crippen molar-refractivity contribution < 1.29 is 23.8 Å². The number of benzene rings is 1. The molecule has 1 heterocycles. The Bertz CT molecular complexity index is 561. The van der Waals surface area contributed by atoms with Crippen LogP contribution in [0.4, 0.5) is 4.39 Å². The number of hydrogen-bond donors (Lipinski definition) is 1. The molecule has 0 radical (unpaired) electrons. The van der Waals surface area contributed by atoms with Crippen LogP contribution in [0.1, 0.15) is 30.1 Å². The van der Waals surface area contributed by atoms with Gasteiger partial charge in [0.1, 0.15) is 0 Å². The zero-order valence-electron chi connectivity index (χ0n) is 12.0. The third-order valence-electron chi connectivity index (χ3n) is 3.96. The highest BCUT2D eigenvalue weighted by atomic mass is 19.1. The van der Waals surface area contributed by atoms with Gasteiger partial charge in [0.2, 0.25) is 0 Å². The number of carboxylic acid groups (broad SMARTS) is 1. The van der Waals surface area contributed by atoms with Crippen LogP contribution in [0.2, 0.25) is 0 Å². The fourth-order valence-corrected chi connectivity index (χ4v) is 2.73. The summed E-state index contributed by atoms with van der Waals surface area (Å²) in [6.07, 6.45) is 1.18. The highest BCUT2D eigenvalue weighted by Gasteiger charge is 2.35. The Morgan fingerprint density at radius 2 is 2.14 bits per heavy atom. The van der Waals surface area contributed by atoms with Crippen molar-refractivity contribution in [1.29, 1.82) is 0 Å². The molecule has 1 saturated heterocycles. The summed E-state index contributed by atoms with van der Waals surface area (Å²) in [4.78, 5) is 25.2. The van der Waals surface area contributed by atoms with Gasteiger partial charge in [-0.25, -0.2) is 4.39 Å². The SMILES string of the molecule is COc1ccc(C(=O)N2CCC[C@H](C(=O)O)[C@@H]2C)cc1F. The van der Waals surface area contributed by atoms with Gasteiger partial charge in [0.15, 0.2) is 11.6 Å². The van der Waals surface area contributed by atoms with Gasteiger partial charge < -0.3 is 14.7 Å². The number of ether oxygens (including phenoxy) is 1. The van der Waals surface area contributed by atoms with E-state index in [9.17, 15) is 19.1 Å². The summed E-state index contributed by atoms with van der Waals surface area (Å²) in [5, 5.41) is 9.18. The van der Waals surface area contributed by atoms with E-state index in [4.69, 9.17) is 4.74 Å². The van der Waals surface area contributed by atoms with Crippen molar-refractivity contribution in [3.8, 4) is 5.75 Å². The van der Waals surface area contributed by atoms with Gasteiger partial charge in [0, 0.05) is 18.2 Å². The van der Waals surface area contributed by atoms with Crippen molar-refractivity contribution in [3.05, 3.63) is 29.6 Å². The van der Waals surface area contributed by atoms with Gasteiger partial charge in [-0.3, -0.25) is 9.59 Å². The normalized spacial score (nSPS) is 22.0. The van der Waals surface area contributed by atoms with Crippen LogP contribution in [0.25, 0.3) is 0 Å². The Kier molecular flexibility index (Phi) is 4.45. The third-order valence-corrected chi connectivity index (χ3v) is 3.96. The summed E-state index contributed by atoms with van der Waals surface area (Å²) in [6, 6.07) is 3.60. The van der Waals surface area contributed by atoms with Gasteiger partial charge in [-0.1, -0.05) is 0 Å². The van der Waals surface area contributed by atoms with E-state index >= 15 is 0 Å². The summed E-state index contributed by atoms with van der Waals surface area (Å²) in [6.45, 7) is 2.20. The average molecular weight is 295 g/mol. The second-order valence-electron chi connectivity index (χ2n) is 5.18. The number of halogens is 1. The minimum atomic E-state index is -0.902. The van der Waals surface area contributed by atoms with Crippen molar-refractivity contribution >= 4 is 11.9 Å². The first kappa shape index (κ1) is 15.3. The maximum Gasteiger partial charge on any atom is 0.308 e. The summed E-state index contributed by atoms with van der Waals surface area (Å²) in [5.41, 5.74) is 0.200. The topological polar surface area (TPSA) is 66.8 Å². The first-order chi connectivity index (χ1) is 9.95. The fourth-order valence-electron chi connectivity index (χ4n) is 2.73. The minimum absolute atomic E-state index is 0.0710. The van der Waals surface area contributed by atoms with Gasteiger partial charge in [0.25, 0.3) is 5.91 Å². The maximum absolute atomic E-state index is 13.7. The smallest absolute Gasteiger partial charge is 0.308 e. The fraction of sp³-hybridized carbons (Fsp3) is 0.467. The molecule has 2 atom stereocenters. The Morgan fingerprint density at radius 3 is 2.71 bits per heavy atom. The van der Waals surface area contributed by atoms with Crippen LogP contribution in [0.3, 0.4) is 0 Å². The molecule has 0 spiro atoms. The van der Waals surface area contributed by atoms with Crippen molar-refractivity contribution in [2.24, 2.45) is 5.92 Å². The molecular formula is C15H18FNO4. The van der Waals surface area contributed by atoms with Crippen molar-refractivity contribution in [1.82, 2.24) is 4.90 Å². The number of carboxylic acids is 1. The number of carbonyl (C=O) groups excluding carboxylic acids is 1. The standard InChI is InChI=1S/C15H18FNO4/c1-9-11(15(19)20)4-3-7-17(9)14(18)10-5-6-13(21-2)12(16)8-10/h5-6,8-9,11H,3-4,7H2,1-2H3,(H,19,20)/t9-,11-/m0/s1. The predicted octanol–water partition coefficient (Wildman–Crippen LogP) is 2.16. The molecule has 1 aliphatic rings. The lowest BCUT2D eigenvalue weighted by molar-refractivity contribution is -0.144. The molecule has 21 heavy (non-hydrogen) atoms. The molecule has 1 aromatic rings. The van der Waals surface area contributed by atoms with E-state index in [0.29, 0.717) is 19.4 Å². The molecular weight excluding hydrogens is 277 g/mol. The second kappa shape index (κ2) is 6.11. The first-order valence-corrected chi connectivity index (χ1v) is 6.83. The molecule has 1 N–H and O–H groups in total. The molecule has 2 rings (SSSR count). The van der Waals surface area contributed by atoms with Gasteiger partial charge in [-0.05, 0) is 38.0 Å². The van der Waals surface area contributed by atoms with Gasteiger partial charge in [0.05, 0.1) is 13.0 Å². The molecule has 0 bridgehead atoms. The quantitative estimate of drug-likeness (QED) is 0.928. The summed E-state index contributed by atoms with van der Waals surface area (Å²) in [7, 11) is 1.35. The predicted molar refractivity (Wildman–Crippen MR) is 73.8 cm³/mol. The van der Waals surface area contributed by atoms with E-state index in [-0.39, 0.29) is 17.2 Å². The third kappa shape index (κ3) is 2.99. The van der Waals surface area contributed by atoms with E-state index in [1.807, 2.05) is 0 Å². The second-order valence-corrected chi connectivity index (χ2v) is 5.18. The molecule has 0 unspecified atom stereocenters. The summed E-state index contributed by atoms with van der Waals surface area (Å²) < 4.78 is 18.5. The molecule has 1 aliphatic heterocycles. The maximum atomic E-state index is 13.7. The van der Waals surface area contributed by atoms with Crippen molar-refractivity contribution in [2.75, 3.05) is 13.7 Å². The Balaban J connectivity index is 2.22. The number of aliphatic carboxylic acids is 1. The van der Waals surface area contributed by atoms with Crippen LogP contribution >= 0.6 is 0 Å². The van der Waals surface area contributed by atoms with Crippen molar-refractivity contribution in [2.45, 2.75) is 25.8 Å². The molecule has 0 saturated carbocycles. The molecule has 114 valence electrons. The van der Waals surface area contributed by atoms with Crippen LogP contribution in [0.5, 0.6) is 5.75 Å². The van der Waals surface area contributed by atoms with E-state index < -0.39 is 23.7 Å². The lowest BCUT2D eigenvalue weighted by Gasteiger charge is -2.37. The van der Waals surface area contributed by atoms with Gasteiger partial charge in [-0.2, -0.15) is 0 Å². The molecule has 5 nitrogen and oxygen atoms in total. The highest BCUT2D eigenvalue weighted by Crippen LogP contribution is 2.26. The van der Waals surface area contributed by atoms with Gasteiger partial charge in [-0.15, -0.1) is 0 Å². The van der Waals surface area contributed by atoms with E-state index in [1.54, 1.807) is 6.92 Å². The molecule has 1 amide bonds. The highest BCUT2D eigenvalue weighted by molar-refractivity contribution is 5.95. The average Bonchev–Trinajstić information content (AvgIpc) is 2.46. The Labute approximate surface area is 122 Å². The molecule has 0 aliphatic carbocycles. The molecule has 1 aromatic carbocycles. The summed E-state index contributed by atoms with van der Waals surface area (Å²) in [5.74, 6) is -2.37. The number of amides is 1. The van der Waals surface area contributed by atoms with Crippen molar-refractivity contribution in [3.63, 3.8) is 0 Å². The van der Waals surface area contributed by atoms with Crippen LogP contribution in [0.15, 0.2) is 18.2 Å². The Hall–Kier alpha value is -2.11. The summed E-state index contributed by atoms with van der Waals surface area (Å²) >= 11 is 0. The monoisotopic (exact) mass is 295 g/mol. The lowest BCUT2D eigenvalue weighted by Crippen LogP contribution is -2.49. The minimum Gasteiger partial charge on any atom is -0.494 e. The number of likely N-dealkylation sites (tertiary alicyclic amines) is 1. The number of rotatable bonds is 3. The number of carbonyl (C=O) groups is 2.